The normalized spacial score (nSPS) is 19.4. The summed E-state index contributed by atoms with van der Waals surface area (Å²) in [4.78, 5) is 3.76. The third-order valence-electron chi connectivity index (χ3n) is 3.83. The van der Waals surface area contributed by atoms with Crippen LogP contribution in [-0.2, 0) is 10.0 Å². The summed E-state index contributed by atoms with van der Waals surface area (Å²) in [6.07, 6.45) is 5.07. The molecule has 108 valence electrons. The van der Waals surface area contributed by atoms with Crippen LogP contribution in [0.5, 0.6) is 0 Å². The van der Waals surface area contributed by atoms with Gasteiger partial charge in [0.1, 0.15) is 11.0 Å². The van der Waals surface area contributed by atoms with Crippen LogP contribution in [0.15, 0.2) is 23.2 Å². The standard InChI is InChI=1S/C14H19N3O2S/c1-14(2)7-5-11(6-8-14)17-20(18,19)13-4-3-9-16-12(13)10-15/h3-4,9,11,17H,5-8H2,1-2H3. The van der Waals surface area contributed by atoms with E-state index in [1.807, 2.05) is 6.07 Å². The molecule has 1 aliphatic carbocycles. The fourth-order valence-corrected chi connectivity index (χ4v) is 3.90. The molecule has 0 aliphatic heterocycles. The first-order chi connectivity index (χ1) is 9.34. The number of nitrogens with one attached hydrogen (secondary N) is 1. The molecule has 1 heterocycles. The van der Waals surface area contributed by atoms with Gasteiger partial charge in [-0.05, 0) is 43.2 Å². The van der Waals surface area contributed by atoms with Crippen LogP contribution in [0.2, 0.25) is 0 Å². The molecule has 0 unspecified atom stereocenters. The van der Waals surface area contributed by atoms with Crippen molar-refractivity contribution in [3.63, 3.8) is 0 Å². The molecule has 0 radical (unpaired) electrons. The highest BCUT2D eigenvalue weighted by Crippen LogP contribution is 2.35. The van der Waals surface area contributed by atoms with Crippen molar-refractivity contribution in [3.8, 4) is 6.07 Å². The Bertz CT molecular complexity index is 622. The quantitative estimate of drug-likeness (QED) is 0.926. The van der Waals surface area contributed by atoms with Crippen LogP contribution in [0.1, 0.15) is 45.2 Å². The van der Waals surface area contributed by atoms with Crippen LogP contribution in [0, 0.1) is 16.7 Å². The van der Waals surface area contributed by atoms with E-state index < -0.39 is 10.0 Å². The van der Waals surface area contributed by atoms with Gasteiger partial charge < -0.3 is 0 Å². The van der Waals surface area contributed by atoms with Crippen LogP contribution in [0.3, 0.4) is 0 Å². The second-order valence-corrected chi connectivity index (χ2v) is 7.70. The Morgan fingerprint density at radius 3 is 2.65 bits per heavy atom. The first kappa shape index (κ1) is 14.9. The zero-order valence-corrected chi connectivity index (χ0v) is 12.6. The Balaban J connectivity index is 2.15. The van der Waals surface area contributed by atoms with Gasteiger partial charge in [0, 0.05) is 12.2 Å². The lowest BCUT2D eigenvalue weighted by atomic mass is 9.76. The molecule has 1 aromatic heterocycles. The lowest BCUT2D eigenvalue weighted by Gasteiger charge is -2.34. The second-order valence-electron chi connectivity index (χ2n) is 6.02. The maximum atomic E-state index is 12.3. The van der Waals surface area contributed by atoms with Crippen LogP contribution in [0.4, 0.5) is 0 Å². The van der Waals surface area contributed by atoms with Gasteiger partial charge in [-0.2, -0.15) is 5.26 Å². The van der Waals surface area contributed by atoms with Crippen molar-refractivity contribution >= 4 is 10.0 Å². The molecular weight excluding hydrogens is 274 g/mol. The summed E-state index contributed by atoms with van der Waals surface area (Å²) in [5.41, 5.74) is 0.227. The summed E-state index contributed by atoms with van der Waals surface area (Å²) >= 11 is 0. The van der Waals surface area contributed by atoms with E-state index in [0.717, 1.165) is 25.7 Å². The number of nitrogens with zero attached hydrogens (tertiary/aromatic N) is 2. The molecule has 1 aliphatic rings. The third-order valence-corrected chi connectivity index (χ3v) is 5.38. The molecule has 0 bridgehead atoms. The predicted octanol–water partition coefficient (Wildman–Crippen LogP) is 2.20. The summed E-state index contributed by atoms with van der Waals surface area (Å²) < 4.78 is 27.4. The molecule has 20 heavy (non-hydrogen) atoms. The monoisotopic (exact) mass is 293 g/mol. The fourth-order valence-electron chi connectivity index (χ4n) is 2.49. The van der Waals surface area contributed by atoms with E-state index in [0.29, 0.717) is 0 Å². The fraction of sp³-hybridized carbons (Fsp3) is 0.571. The Labute approximate surface area is 120 Å². The second kappa shape index (κ2) is 5.51. The van der Waals surface area contributed by atoms with Crippen LogP contribution in [-0.4, -0.2) is 19.4 Å². The SMILES string of the molecule is CC1(C)CCC(NS(=O)(=O)c2cccnc2C#N)CC1. The number of rotatable bonds is 3. The largest absolute Gasteiger partial charge is 0.244 e. The van der Waals surface area contributed by atoms with Crippen molar-refractivity contribution in [1.29, 1.82) is 5.26 Å². The number of nitriles is 1. The van der Waals surface area contributed by atoms with Gasteiger partial charge in [0.15, 0.2) is 5.69 Å². The van der Waals surface area contributed by atoms with Crippen molar-refractivity contribution in [3.05, 3.63) is 24.0 Å². The lowest BCUT2D eigenvalue weighted by Crippen LogP contribution is -2.39. The van der Waals surface area contributed by atoms with Gasteiger partial charge in [0.2, 0.25) is 10.0 Å². The average Bonchev–Trinajstić information content (AvgIpc) is 2.41. The summed E-state index contributed by atoms with van der Waals surface area (Å²) in [5, 5.41) is 8.95. The molecule has 0 saturated heterocycles. The molecule has 1 saturated carbocycles. The van der Waals surface area contributed by atoms with Gasteiger partial charge in [-0.3, -0.25) is 0 Å². The molecule has 1 aromatic rings. The highest BCUT2D eigenvalue weighted by molar-refractivity contribution is 7.89. The predicted molar refractivity (Wildman–Crippen MR) is 75.3 cm³/mol. The van der Waals surface area contributed by atoms with Crippen LogP contribution < -0.4 is 4.72 Å². The van der Waals surface area contributed by atoms with E-state index in [4.69, 9.17) is 5.26 Å². The van der Waals surface area contributed by atoms with Crippen LogP contribution in [0.25, 0.3) is 0 Å². The molecule has 5 nitrogen and oxygen atoms in total. The zero-order chi connectivity index (χ0) is 14.8. The number of pyridine rings is 1. The molecule has 0 aromatic carbocycles. The van der Waals surface area contributed by atoms with Gasteiger partial charge >= 0.3 is 0 Å². The van der Waals surface area contributed by atoms with Crippen molar-refractivity contribution in [2.75, 3.05) is 0 Å². The van der Waals surface area contributed by atoms with E-state index >= 15 is 0 Å². The molecule has 2 rings (SSSR count). The van der Waals surface area contributed by atoms with Gasteiger partial charge in [0.05, 0.1) is 0 Å². The first-order valence-electron chi connectivity index (χ1n) is 6.71. The molecule has 0 amide bonds. The topological polar surface area (TPSA) is 82.8 Å². The molecule has 1 N–H and O–H groups in total. The Morgan fingerprint density at radius 1 is 1.40 bits per heavy atom. The average molecular weight is 293 g/mol. The summed E-state index contributed by atoms with van der Waals surface area (Å²) in [7, 11) is -3.67. The van der Waals surface area contributed by atoms with E-state index in [-0.39, 0.29) is 22.0 Å². The number of sulfonamides is 1. The Hall–Kier alpha value is -1.45. The van der Waals surface area contributed by atoms with E-state index in [1.54, 1.807) is 0 Å². The minimum absolute atomic E-state index is 0.0349. The number of hydrogen-bond acceptors (Lipinski definition) is 4. The number of aromatic nitrogens is 1. The molecule has 6 heteroatoms. The zero-order valence-electron chi connectivity index (χ0n) is 11.8. The maximum Gasteiger partial charge on any atom is 0.243 e. The number of hydrogen-bond donors (Lipinski definition) is 1. The van der Waals surface area contributed by atoms with E-state index in [2.05, 4.69) is 23.6 Å². The minimum atomic E-state index is -3.67. The highest BCUT2D eigenvalue weighted by atomic mass is 32.2. The van der Waals surface area contributed by atoms with Crippen molar-refractivity contribution in [1.82, 2.24) is 9.71 Å². The van der Waals surface area contributed by atoms with Crippen molar-refractivity contribution in [2.45, 2.75) is 50.5 Å². The smallest absolute Gasteiger partial charge is 0.243 e. The third kappa shape index (κ3) is 3.35. The molecule has 0 atom stereocenters. The molecular formula is C14H19N3O2S. The van der Waals surface area contributed by atoms with Crippen LogP contribution >= 0.6 is 0 Å². The maximum absolute atomic E-state index is 12.3. The summed E-state index contributed by atoms with van der Waals surface area (Å²) in [5.74, 6) is 0. The lowest BCUT2D eigenvalue weighted by molar-refractivity contribution is 0.218. The van der Waals surface area contributed by atoms with E-state index in [9.17, 15) is 8.42 Å². The Morgan fingerprint density at radius 2 is 2.05 bits per heavy atom. The first-order valence-corrected chi connectivity index (χ1v) is 8.20. The van der Waals surface area contributed by atoms with Gasteiger partial charge in [-0.15, -0.1) is 0 Å². The van der Waals surface area contributed by atoms with Crippen molar-refractivity contribution in [2.24, 2.45) is 5.41 Å². The molecule has 0 spiro atoms. The summed E-state index contributed by atoms with van der Waals surface area (Å²) in [6, 6.07) is 4.71. The highest BCUT2D eigenvalue weighted by Gasteiger charge is 2.30. The molecule has 1 fully saturated rings. The summed E-state index contributed by atoms with van der Waals surface area (Å²) in [6.45, 7) is 4.40. The van der Waals surface area contributed by atoms with Crippen molar-refractivity contribution < 1.29 is 8.42 Å². The minimum Gasteiger partial charge on any atom is -0.244 e. The van der Waals surface area contributed by atoms with E-state index in [1.165, 1.54) is 18.3 Å². The van der Waals surface area contributed by atoms with Gasteiger partial charge in [0.25, 0.3) is 0 Å². The van der Waals surface area contributed by atoms with Gasteiger partial charge in [-0.25, -0.2) is 18.1 Å². The van der Waals surface area contributed by atoms with Gasteiger partial charge in [-0.1, -0.05) is 13.8 Å². The Kier molecular flexibility index (Phi) is 4.11.